The molecule has 0 atom stereocenters. The molecule has 1 fully saturated rings. The van der Waals surface area contributed by atoms with E-state index in [4.69, 9.17) is 32.7 Å². The third-order valence-corrected chi connectivity index (χ3v) is 4.53. The minimum Gasteiger partial charge on any atom is -0.496 e. The van der Waals surface area contributed by atoms with Crippen LogP contribution in [0.3, 0.4) is 0 Å². The molecule has 134 valence electrons. The molecule has 1 aliphatic heterocycles. The number of hydrogen-bond acceptors (Lipinski definition) is 4. The molecule has 0 aliphatic carbocycles. The van der Waals surface area contributed by atoms with Crippen molar-refractivity contribution in [2.75, 3.05) is 20.2 Å². The Bertz CT molecular complexity index is 682. The van der Waals surface area contributed by atoms with E-state index in [-0.39, 0.29) is 37.3 Å². The standard InChI is InChI=1S/C17H21Cl2NO4.Zn/c1-9(21)11-6-12(18)14(19)13(15(11)23-5)10-7-20(8-10)16(22)24-17(2,3)4;/h6,10H,7-8H2,1-5H3;. The van der Waals surface area contributed by atoms with Crippen molar-refractivity contribution in [2.45, 2.75) is 39.2 Å². The zero-order chi connectivity index (χ0) is 18.2. The Morgan fingerprint density at radius 1 is 1.24 bits per heavy atom. The van der Waals surface area contributed by atoms with Gasteiger partial charge in [0.2, 0.25) is 0 Å². The molecule has 0 unspecified atom stereocenters. The number of methoxy groups -OCH3 is 1. The Hall–Kier alpha value is -0.837. The molecule has 1 heterocycles. The number of benzene rings is 1. The van der Waals surface area contributed by atoms with Crippen LogP contribution in [-0.4, -0.2) is 42.6 Å². The fraction of sp³-hybridized carbons (Fsp3) is 0.529. The van der Waals surface area contributed by atoms with E-state index in [1.807, 2.05) is 20.8 Å². The zero-order valence-corrected chi connectivity index (χ0v) is 19.6. The van der Waals surface area contributed by atoms with Crippen LogP contribution in [0.15, 0.2) is 6.07 Å². The predicted octanol–water partition coefficient (Wildman–Crippen LogP) is 4.54. The van der Waals surface area contributed by atoms with Gasteiger partial charge in [0, 0.05) is 44.0 Å². The van der Waals surface area contributed by atoms with Gasteiger partial charge in [-0.1, -0.05) is 23.2 Å². The Morgan fingerprint density at radius 2 is 1.80 bits per heavy atom. The van der Waals surface area contributed by atoms with Gasteiger partial charge >= 0.3 is 6.09 Å². The van der Waals surface area contributed by atoms with E-state index < -0.39 is 5.60 Å². The van der Waals surface area contributed by atoms with E-state index in [1.54, 1.807) is 4.90 Å². The summed E-state index contributed by atoms with van der Waals surface area (Å²) in [6.07, 6.45) is -0.373. The van der Waals surface area contributed by atoms with Crippen molar-refractivity contribution in [2.24, 2.45) is 0 Å². The smallest absolute Gasteiger partial charge is 0.410 e. The van der Waals surface area contributed by atoms with E-state index in [0.29, 0.717) is 40.0 Å². The number of ether oxygens (including phenoxy) is 2. The van der Waals surface area contributed by atoms with Crippen molar-refractivity contribution >= 4 is 35.1 Å². The number of amides is 1. The molecule has 0 saturated carbocycles. The normalized spacial score (nSPS) is 14.4. The minimum atomic E-state index is -0.546. The van der Waals surface area contributed by atoms with Gasteiger partial charge in [-0.05, 0) is 33.8 Å². The fourth-order valence-electron chi connectivity index (χ4n) is 2.61. The van der Waals surface area contributed by atoms with E-state index in [2.05, 4.69) is 0 Å². The van der Waals surface area contributed by atoms with Crippen LogP contribution in [0.25, 0.3) is 0 Å². The molecule has 0 spiro atoms. The third-order valence-electron chi connectivity index (χ3n) is 3.73. The molecule has 0 radical (unpaired) electrons. The minimum absolute atomic E-state index is 0. The summed E-state index contributed by atoms with van der Waals surface area (Å²) < 4.78 is 10.7. The summed E-state index contributed by atoms with van der Waals surface area (Å²) >= 11 is 12.5. The molecule has 25 heavy (non-hydrogen) atoms. The Kier molecular flexibility index (Phi) is 7.32. The molecule has 1 aromatic rings. The Labute approximate surface area is 170 Å². The number of hydrogen-bond donors (Lipinski definition) is 0. The molecule has 2 rings (SSSR count). The van der Waals surface area contributed by atoms with Crippen molar-refractivity contribution in [1.82, 2.24) is 4.90 Å². The van der Waals surface area contributed by atoms with Gasteiger partial charge in [-0.2, -0.15) is 0 Å². The molecule has 5 nitrogen and oxygen atoms in total. The molecule has 0 bridgehead atoms. The van der Waals surface area contributed by atoms with Crippen molar-refractivity contribution in [3.05, 3.63) is 27.2 Å². The van der Waals surface area contributed by atoms with Crippen LogP contribution in [0.2, 0.25) is 10.0 Å². The molecule has 1 aromatic carbocycles. The molecule has 1 saturated heterocycles. The summed E-state index contributed by atoms with van der Waals surface area (Å²) in [6.45, 7) is 7.76. The summed E-state index contributed by atoms with van der Waals surface area (Å²) in [5, 5.41) is 0.653. The Morgan fingerprint density at radius 3 is 2.24 bits per heavy atom. The van der Waals surface area contributed by atoms with Crippen molar-refractivity contribution in [3.8, 4) is 5.75 Å². The third kappa shape index (κ3) is 4.87. The number of rotatable bonds is 3. The van der Waals surface area contributed by atoms with Gasteiger partial charge in [0.15, 0.2) is 5.78 Å². The van der Waals surface area contributed by atoms with Gasteiger partial charge in [0.25, 0.3) is 0 Å². The number of Topliss-reactive ketones (excluding diaryl/α,β-unsaturated/α-hetero) is 1. The van der Waals surface area contributed by atoms with E-state index in [0.717, 1.165) is 0 Å². The van der Waals surface area contributed by atoms with Crippen LogP contribution < -0.4 is 4.74 Å². The molecule has 8 heteroatoms. The second-order valence-corrected chi connectivity index (χ2v) is 7.59. The van der Waals surface area contributed by atoms with Gasteiger partial charge in [0.1, 0.15) is 11.4 Å². The summed E-state index contributed by atoms with van der Waals surface area (Å²) in [5.74, 6) is 0.206. The van der Waals surface area contributed by atoms with Gasteiger partial charge < -0.3 is 14.4 Å². The maximum Gasteiger partial charge on any atom is 0.410 e. The summed E-state index contributed by atoms with van der Waals surface area (Å²) in [4.78, 5) is 25.5. The zero-order valence-electron chi connectivity index (χ0n) is 15.1. The first-order chi connectivity index (χ1) is 11.0. The maximum atomic E-state index is 12.1. The number of halogens is 2. The maximum absolute atomic E-state index is 12.1. The quantitative estimate of drug-likeness (QED) is 0.513. The first-order valence-electron chi connectivity index (χ1n) is 7.60. The van der Waals surface area contributed by atoms with Crippen molar-refractivity contribution < 1.29 is 38.5 Å². The van der Waals surface area contributed by atoms with E-state index in [9.17, 15) is 9.59 Å². The largest absolute Gasteiger partial charge is 0.496 e. The van der Waals surface area contributed by atoms with Gasteiger partial charge in [-0.3, -0.25) is 4.79 Å². The van der Waals surface area contributed by atoms with E-state index >= 15 is 0 Å². The Balaban J connectivity index is 0.00000312. The molecule has 1 amide bonds. The summed E-state index contributed by atoms with van der Waals surface area (Å²) in [5.41, 5.74) is 0.504. The molecule has 0 N–H and O–H groups in total. The fourth-order valence-corrected chi connectivity index (χ4v) is 3.12. The number of nitrogens with zero attached hydrogens (tertiary/aromatic N) is 1. The molecular weight excluding hydrogens is 418 g/mol. The summed E-state index contributed by atoms with van der Waals surface area (Å²) in [7, 11) is 1.49. The van der Waals surface area contributed by atoms with Crippen LogP contribution in [0.5, 0.6) is 5.75 Å². The van der Waals surface area contributed by atoms with Gasteiger partial charge in [0.05, 0.1) is 22.7 Å². The second kappa shape index (κ2) is 8.24. The first kappa shape index (κ1) is 22.2. The van der Waals surface area contributed by atoms with Gasteiger partial charge in [-0.25, -0.2) is 4.79 Å². The first-order valence-corrected chi connectivity index (χ1v) is 8.35. The van der Waals surface area contributed by atoms with Crippen LogP contribution in [0.4, 0.5) is 4.79 Å². The second-order valence-electron chi connectivity index (χ2n) is 6.81. The number of carbonyl (C=O) groups is 2. The average Bonchev–Trinajstić information content (AvgIpc) is 2.39. The number of likely N-dealkylation sites (tertiary alicyclic amines) is 1. The topological polar surface area (TPSA) is 55.8 Å². The van der Waals surface area contributed by atoms with E-state index in [1.165, 1.54) is 20.1 Å². The molecule has 1 aliphatic rings. The molecular formula is C17H21Cl2NO4Zn. The predicted molar refractivity (Wildman–Crippen MR) is 93.6 cm³/mol. The van der Waals surface area contributed by atoms with Crippen LogP contribution >= 0.6 is 23.2 Å². The van der Waals surface area contributed by atoms with Crippen LogP contribution in [0, 0.1) is 0 Å². The van der Waals surface area contributed by atoms with Gasteiger partial charge in [-0.15, -0.1) is 0 Å². The van der Waals surface area contributed by atoms with Crippen LogP contribution in [-0.2, 0) is 24.2 Å². The van der Waals surface area contributed by atoms with Crippen molar-refractivity contribution in [3.63, 3.8) is 0 Å². The number of ketones is 1. The van der Waals surface area contributed by atoms with Crippen LogP contribution in [0.1, 0.15) is 49.5 Å². The monoisotopic (exact) mass is 437 g/mol. The van der Waals surface area contributed by atoms with Crippen molar-refractivity contribution in [1.29, 1.82) is 0 Å². The molecule has 0 aromatic heterocycles. The average molecular weight is 440 g/mol. The SMILES string of the molecule is COc1c(C(C)=O)cc(Cl)c(Cl)c1C1CN(C(=O)OC(C)(C)C)C1.[Zn]. The number of carbonyl (C=O) groups excluding carboxylic acids is 2. The summed E-state index contributed by atoms with van der Waals surface area (Å²) in [6, 6.07) is 1.51.